The van der Waals surface area contributed by atoms with Gasteiger partial charge in [0.05, 0.1) is 36.0 Å². The highest BCUT2D eigenvalue weighted by atomic mass is 32.2. The lowest BCUT2D eigenvalue weighted by Crippen LogP contribution is -2.31. The molecule has 1 fully saturated rings. The number of nitrogens with zero attached hydrogens (tertiary/aromatic N) is 3. The van der Waals surface area contributed by atoms with E-state index in [0.717, 1.165) is 40.4 Å². The molecule has 1 aliphatic heterocycles. The summed E-state index contributed by atoms with van der Waals surface area (Å²) >= 11 is 1.38. The number of pyridine rings is 2. The summed E-state index contributed by atoms with van der Waals surface area (Å²) in [6.45, 7) is 2.71. The lowest BCUT2D eigenvalue weighted by Gasteiger charge is -2.25. The summed E-state index contributed by atoms with van der Waals surface area (Å²) in [5.41, 5.74) is 10.9. The molecule has 6 rings (SSSR count). The van der Waals surface area contributed by atoms with Crippen molar-refractivity contribution in [3.8, 4) is 5.88 Å². The molecule has 1 unspecified atom stereocenters. The van der Waals surface area contributed by atoms with E-state index in [-0.39, 0.29) is 30.5 Å². The predicted octanol–water partition coefficient (Wildman–Crippen LogP) is 6.05. The van der Waals surface area contributed by atoms with Crippen LogP contribution in [0.25, 0.3) is 10.9 Å². The predicted molar refractivity (Wildman–Crippen MR) is 146 cm³/mol. The Morgan fingerprint density at radius 3 is 2.79 bits per heavy atom. The molecule has 7 nitrogen and oxygen atoms in total. The van der Waals surface area contributed by atoms with Crippen molar-refractivity contribution in [3.05, 3.63) is 82.8 Å². The number of halogens is 1. The van der Waals surface area contributed by atoms with E-state index in [2.05, 4.69) is 9.97 Å². The number of hydrogen-bond donors (Lipinski definition) is 1. The maximum atomic E-state index is 14.1. The molecule has 1 saturated carbocycles. The summed E-state index contributed by atoms with van der Waals surface area (Å²) in [5, 5.41) is 0.988. The van der Waals surface area contributed by atoms with Crippen LogP contribution in [0.1, 0.15) is 52.9 Å². The third-order valence-electron chi connectivity index (χ3n) is 6.93. The fourth-order valence-electron chi connectivity index (χ4n) is 4.83. The molecule has 1 aliphatic carbocycles. The molecule has 0 saturated heterocycles. The van der Waals surface area contributed by atoms with Gasteiger partial charge in [-0.3, -0.25) is 4.79 Å². The Bertz CT molecular complexity index is 1540. The molecule has 2 aromatic carbocycles. The molecule has 2 aromatic heterocycles. The number of fused-ring (bicyclic) bond motifs is 3. The fraction of sp³-hybridized carbons (Fsp3) is 0.276. The first-order chi connectivity index (χ1) is 18.4. The number of nitrogens with two attached hydrogens (primary N) is 1. The van der Waals surface area contributed by atoms with Gasteiger partial charge >= 0.3 is 0 Å². The Balaban J connectivity index is 1.37. The van der Waals surface area contributed by atoms with Gasteiger partial charge in [0.1, 0.15) is 17.7 Å². The van der Waals surface area contributed by atoms with Crippen molar-refractivity contribution >= 4 is 40.1 Å². The molecule has 2 N–H and O–H groups in total. The largest absolute Gasteiger partial charge is 0.474 e. The molecular formula is C29H27FN4O3S. The monoisotopic (exact) mass is 530 g/mol. The quantitative estimate of drug-likeness (QED) is 0.291. The molecule has 2 aliphatic rings. The van der Waals surface area contributed by atoms with Gasteiger partial charge in [0, 0.05) is 28.1 Å². The molecule has 0 bridgehead atoms. The number of benzene rings is 2. The highest BCUT2D eigenvalue weighted by Gasteiger charge is 2.27. The summed E-state index contributed by atoms with van der Waals surface area (Å²) in [5.74, 6) is 0.363. The number of aromatic nitrogens is 2. The number of rotatable bonds is 7. The van der Waals surface area contributed by atoms with E-state index in [1.54, 1.807) is 23.1 Å². The van der Waals surface area contributed by atoms with Crippen LogP contribution in [0.5, 0.6) is 5.88 Å². The van der Waals surface area contributed by atoms with E-state index < -0.39 is 0 Å². The maximum Gasteiger partial charge on any atom is 0.260 e. The van der Waals surface area contributed by atoms with E-state index in [0.29, 0.717) is 34.5 Å². The van der Waals surface area contributed by atoms with E-state index in [4.69, 9.17) is 15.2 Å². The minimum absolute atomic E-state index is 0.0900. The SMILES string of the molecule is CSc1cc(F)ccc1N(Cc1ccc2c3c(c(N)nc2c1)C(C)OC3)C(=O)c1ccc(OC2CC2)nc1. The number of anilines is 2. The molecular weight excluding hydrogens is 503 g/mol. The lowest BCUT2D eigenvalue weighted by molar-refractivity contribution is 0.0801. The van der Waals surface area contributed by atoms with Crippen molar-refractivity contribution < 1.29 is 18.7 Å². The van der Waals surface area contributed by atoms with Gasteiger partial charge in [-0.2, -0.15) is 0 Å². The molecule has 1 atom stereocenters. The summed E-state index contributed by atoms with van der Waals surface area (Å²) in [6.07, 6.45) is 5.57. The van der Waals surface area contributed by atoms with Crippen LogP contribution in [0.2, 0.25) is 0 Å². The number of thioether (sulfide) groups is 1. The van der Waals surface area contributed by atoms with Gasteiger partial charge < -0.3 is 20.1 Å². The minimum Gasteiger partial charge on any atom is -0.474 e. The second kappa shape index (κ2) is 9.89. The molecule has 9 heteroatoms. The summed E-state index contributed by atoms with van der Waals surface area (Å²) in [7, 11) is 0. The van der Waals surface area contributed by atoms with Crippen molar-refractivity contribution in [2.24, 2.45) is 0 Å². The van der Waals surface area contributed by atoms with Gasteiger partial charge in [-0.15, -0.1) is 11.8 Å². The van der Waals surface area contributed by atoms with Gasteiger partial charge in [0.25, 0.3) is 5.91 Å². The Morgan fingerprint density at radius 1 is 1.21 bits per heavy atom. The van der Waals surface area contributed by atoms with Crippen molar-refractivity contribution in [2.45, 2.75) is 50.0 Å². The zero-order valence-electron chi connectivity index (χ0n) is 21.1. The van der Waals surface area contributed by atoms with Crippen molar-refractivity contribution in [2.75, 3.05) is 16.9 Å². The van der Waals surface area contributed by atoms with Gasteiger partial charge in [-0.25, -0.2) is 14.4 Å². The van der Waals surface area contributed by atoms with E-state index in [1.807, 2.05) is 31.4 Å². The van der Waals surface area contributed by atoms with Crippen LogP contribution < -0.4 is 15.4 Å². The number of amides is 1. The highest BCUT2D eigenvalue weighted by molar-refractivity contribution is 7.98. The maximum absolute atomic E-state index is 14.1. The third-order valence-corrected chi connectivity index (χ3v) is 7.69. The summed E-state index contributed by atoms with van der Waals surface area (Å²) in [4.78, 5) is 25.1. The van der Waals surface area contributed by atoms with Crippen molar-refractivity contribution in [1.29, 1.82) is 0 Å². The van der Waals surface area contributed by atoms with E-state index in [9.17, 15) is 9.18 Å². The highest BCUT2D eigenvalue weighted by Crippen LogP contribution is 2.38. The first-order valence-corrected chi connectivity index (χ1v) is 13.7. The Morgan fingerprint density at radius 2 is 2.05 bits per heavy atom. The number of hydrogen-bond acceptors (Lipinski definition) is 7. The van der Waals surface area contributed by atoms with E-state index >= 15 is 0 Å². The lowest BCUT2D eigenvalue weighted by atomic mass is 10.0. The Labute approximate surface area is 224 Å². The number of carbonyl (C=O) groups is 1. The third kappa shape index (κ3) is 4.68. The average molecular weight is 531 g/mol. The normalized spacial score (nSPS) is 16.4. The number of nitrogen functional groups attached to an aromatic ring is 1. The molecule has 4 aromatic rings. The van der Waals surface area contributed by atoms with Gasteiger partial charge in [-0.1, -0.05) is 12.1 Å². The number of carbonyl (C=O) groups excluding carboxylic acids is 1. The summed E-state index contributed by atoms with van der Waals surface area (Å²) < 4.78 is 25.6. The van der Waals surface area contributed by atoms with E-state index in [1.165, 1.54) is 30.1 Å². The first kappa shape index (κ1) is 24.6. The second-order valence-electron chi connectivity index (χ2n) is 9.60. The smallest absolute Gasteiger partial charge is 0.260 e. The van der Waals surface area contributed by atoms with Crippen LogP contribution in [0.4, 0.5) is 15.9 Å². The summed E-state index contributed by atoms with van der Waals surface area (Å²) in [6, 6.07) is 13.8. The zero-order chi connectivity index (χ0) is 26.4. The molecule has 38 heavy (non-hydrogen) atoms. The fourth-order valence-corrected chi connectivity index (χ4v) is 5.44. The minimum atomic E-state index is -0.357. The molecule has 3 heterocycles. The van der Waals surface area contributed by atoms with Gasteiger partial charge in [0.15, 0.2) is 0 Å². The van der Waals surface area contributed by atoms with Gasteiger partial charge in [0.2, 0.25) is 5.88 Å². The van der Waals surface area contributed by atoms with Crippen LogP contribution in [0.15, 0.2) is 59.6 Å². The van der Waals surface area contributed by atoms with Crippen LogP contribution in [0, 0.1) is 5.82 Å². The topological polar surface area (TPSA) is 90.6 Å². The van der Waals surface area contributed by atoms with Crippen LogP contribution in [0.3, 0.4) is 0 Å². The van der Waals surface area contributed by atoms with Crippen LogP contribution in [-0.2, 0) is 17.9 Å². The first-order valence-electron chi connectivity index (χ1n) is 12.5. The van der Waals surface area contributed by atoms with Crippen molar-refractivity contribution in [3.63, 3.8) is 0 Å². The second-order valence-corrected chi connectivity index (χ2v) is 10.5. The van der Waals surface area contributed by atoms with Crippen molar-refractivity contribution in [1.82, 2.24) is 9.97 Å². The van der Waals surface area contributed by atoms with Crippen LogP contribution in [-0.4, -0.2) is 28.2 Å². The molecule has 1 amide bonds. The molecule has 0 spiro atoms. The standard InChI is InChI=1S/C29H27FN4O3S/c1-16-27-22(15-36-16)21-8-3-17(11-23(21)33-28(27)31)14-34(24-9-5-19(30)12-25(24)38-2)29(35)18-4-10-26(32-13-18)37-20-6-7-20/h3-5,8-13,16,20H,6-7,14-15H2,1-2H3,(H2,31,33). The zero-order valence-corrected chi connectivity index (χ0v) is 21.9. The molecule has 0 radical (unpaired) electrons. The van der Waals surface area contributed by atoms with Gasteiger partial charge in [-0.05, 0) is 67.5 Å². The van der Waals surface area contributed by atoms with Crippen LogP contribution >= 0.6 is 11.8 Å². The average Bonchev–Trinajstić information content (AvgIpc) is 3.65. The molecule has 194 valence electrons. The number of ether oxygens (including phenoxy) is 2. The Hall–Kier alpha value is -3.69. The Kier molecular flexibility index (Phi) is 6.41.